The van der Waals surface area contributed by atoms with Crippen LogP contribution in [0.5, 0.6) is 0 Å². The summed E-state index contributed by atoms with van der Waals surface area (Å²) in [5, 5.41) is 17.8. The highest BCUT2D eigenvalue weighted by molar-refractivity contribution is 5.97. The van der Waals surface area contributed by atoms with Gasteiger partial charge >= 0.3 is 11.9 Å². The van der Waals surface area contributed by atoms with Crippen LogP contribution in [0.15, 0.2) is 30.3 Å². The summed E-state index contributed by atoms with van der Waals surface area (Å²) in [4.78, 5) is 21.8. The zero-order chi connectivity index (χ0) is 12.2. The van der Waals surface area contributed by atoms with Crippen molar-refractivity contribution >= 4 is 11.9 Å². The van der Waals surface area contributed by atoms with E-state index >= 15 is 0 Å². The van der Waals surface area contributed by atoms with E-state index in [-0.39, 0.29) is 6.42 Å². The SMILES string of the molecule is CC(CCc1ccccc1)(C(=O)O)C(=O)O. The van der Waals surface area contributed by atoms with Gasteiger partial charge in [0.25, 0.3) is 0 Å². The summed E-state index contributed by atoms with van der Waals surface area (Å²) in [5.74, 6) is -2.59. The minimum Gasteiger partial charge on any atom is -0.480 e. The lowest BCUT2D eigenvalue weighted by Gasteiger charge is -2.19. The fraction of sp³-hybridized carbons (Fsp3) is 0.333. The first-order valence-electron chi connectivity index (χ1n) is 4.97. The Bertz CT molecular complexity index is 369. The van der Waals surface area contributed by atoms with Crippen molar-refractivity contribution in [2.24, 2.45) is 5.41 Å². The van der Waals surface area contributed by atoms with Gasteiger partial charge in [0.1, 0.15) is 0 Å². The second-order valence-electron chi connectivity index (χ2n) is 3.93. The number of benzene rings is 1. The Labute approximate surface area is 93.5 Å². The molecule has 0 unspecified atom stereocenters. The number of carboxylic acids is 2. The zero-order valence-corrected chi connectivity index (χ0v) is 9.01. The molecule has 1 aromatic carbocycles. The lowest BCUT2D eigenvalue weighted by atomic mass is 9.84. The predicted molar refractivity (Wildman–Crippen MR) is 58.1 cm³/mol. The Kier molecular flexibility index (Phi) is 3.66. The van der Waals surface area contributed by atoms with Crippen molar-refractivity contribution in [3.05, 3.63) is 35.9 Å². The van der Waals surface area contributed by atoms with Crippen molar-refractivity contribution < 1.29 is 19.8 Å². The number of aryl methyl sites for hydroxylation is 1. The highest BCUT2D eigenvalue weighted by atomic mass is 16.4. The van der Waals surface area contributed by atoms with Crippen LogP contribution in [0.2, 0.25) is 0 Å². The molecule has 2 N–H and O–H groups in total. The average molecular weight is 222 g/mol. The van der Waals surface area contributed by atoms with Crippen LogP contribution in [0, 0.1) is 5.41 Å². The first-order chi connectivity index (χ1) is 7.47. The molecular formula is C12H14O4. The number of hydrogen-bond donors (Lipinski definition) is 2. The number of aliphatic carboxylic acids is 2. The molecule has 1 aromatic rings. The van der Waals surface area contributed by atoms with Crippen molar-refractivity contribution in [2.45, 2.75) is 19.8 Å². The second-order valence-corrected chi connectivity index (χ2v) is 3.93. The molecule has 0 saturated carbocycles. The fourth-order valence-corrected chi connectivity index (χ4v) is 1.34. The average Bonchev–Trinajstić information content (AvgIpc) is 2.26. The molecule has 0 fully saturated rings. The van der Waals surface area contributed by atoms with Gasteiger partial charge in [-0.05, 0) is 25.3 Å². The van der Waals surface area contributed by atoms with E-state index in [0.717, 1.165) is 5.56 Å². The highest BCUT2D eigenvalue weighted by Crippen LogP contribution is 2.24. The topological polar surface area (TPSA) is 74.6 Å². The highest BCUT2D eigenvalue weighted by Gasteiger charge is 2.40. The van der Waals surface area contributed by atoms with Crippen LogP contribution in [0.25, 0.3) is 0 Å². The Balaban J connectivity index is 2.72. The van der Waals surface area contributed by atoms with Gasteiger partial charge in [0, 0.05) is 0 Å². The van der Waals surface area contributed by atoms with Gasteiger partial charge in [-0.3, -0.25) is 9.59 Å². The van der Waals surface area contributed by atoms with Crippen molar-refractivity contribution in [2.75, 3.05) is 0 Å². The van der Waals surface area contributed by atoms with E-state index in [1.807, 2.05) is 30.3 Å². The minimum atomic E-state index is -1.71. The van der Waals surface area contributed by atoms with E-state index in [4.69, 9.17) is 10.2 Å². The molecule has 0 spiro atoms. The molecule has 0 saturated heterocycles. The molecule has 0 bridgehead atoms. The second kappa shape index (κ2) is 4.79. The smallest absolute Gasteiger partial charge is 0.320 e. The molecule has 0 radical (unpaired) electrons. The van der Waals surface area contributed by atoms with Gasteiger partial charge in [-0.2, -0.15) is 0 Å². The van der Waals surface area contributed by atoms with Crippen molar-refractivity contribution in [3.63, 3.8) is 0 Å². The monoisotopic (exact) mass is 222 g/mol. The Hall–Kier alpha value is -1.84. The van der Waals surface area contributed by atoms with Crippen LogP contribution in [0.4, 0.5) is 0 Å². The third kappa shape index (κ3) is 2.59. The largest absolute Gasteiger partial charge is 0.480 e. The van der Waals surface area contributed by atoms with Crippen LogP contribution in [-0.4, -0.2) is 22.2 Å². The zero-order valence-electron chi connectivity index (χ0n) is 9.01. The standard InChI is InChI=1S/C12H14O4/c1-12(10(13)14,11(15)16)8-7-9-5-3-2-4-6-9/h2-6H,7-8H2,1H3,(H,13,14)(H,15,16). The van der Waals surface area contributed by atoms with E-state index < -0.39 is 17.4 Å². The molecule has 0 heterocycles. The summed E-state index contributed by atoms with van der Waals surface area (Å²) < 4.78 is 0. The Morgan fingerprint density at radius 1 is 1.12 bits per heavy atom. The maximum atomic E-state index is 10.9. The predicted octanol–water partition coefficient (Wildman–Crippen LogP) is 1.79. The fourth-order valence-electron chi connectivity index (χ4n) is 1.34. The summed E-state index contributed by atoms with van der Waals surface area (Å²) >= 11 is 0. The lowest BCUT2D eigenvalue weighted by molar-refractivity contribution is -0.163. The summed E-state index contributed by atoms with van der Waals surface area (Å²) in [6, 6.07) is 9.24. The summed E-state index contributed by atoms with van der Waals surface area (Å²) in [5.41, 5.74) is -0.772. The summed E-state index contributed by atoms with van der Waals surface area (Å²) in [6.45, 7) is 1.24. The molecule has 0 aromatic heterocycles. The van der Waals surface area contributed by atoms with Crippen molar-refractivity contribution in [3.8, 4) is 0 Å². The van der Waals surface area contributed by atoms with E-state index in [2.05, 4.69) is 0 Å². The maximum absolute atomic E-state index is 10.9. The van der Waals surface area contributed by atoms with Gasteiger partial charge in [-0.1, -0.05) is 30.3 Å². The van der Waals surface area contributed by atoms with E-state index in [1.165, 1.54) is 6.92 Å². The van der Waals surface area contributed by atoms with Crippen LogP contribution >= 0.6 is 0 Å². The Morgan fingerprint density at radius 3 is 2.06 bits per heavy atom. The number of rotatable bonds is 5. The number of carboxylic acid groups (broad SMARTS) is 2. The molecule has 86 valence electrons. The molecule has 0 amide bonds. The van der Waals surface area contributed by atoms with Crippen LogP contribution < -0.4 is 0 Å². The molecule has 1 rings (SSSR count). The molecule has 4 nitrogen and oxygen atoms in total. The Morgan fingerprint density at radius 2 is 1.62 bits per heavy atom. The van der Waals surface area contributed by atoms with Gasteiger partial charge in [-0.15, -0.1) is 0 Å². The van der Waals surface area contributed by atoms with E-state index in [0.29, 0.717) is 6.42 Å². The maximum Gasteiger partial charge on any atom is 0.320 e. The van der Waals surface area contributed by atoms with Gasteiger partial charge in [0.05, 0.1) is 0 Å². The van der Waals surface area contributed by atoms with Gasteiger partial charge in [0.15, 0.2) is 5.41 Å². The van der Waals surface area contributed by atoms with Crippen LogP contribution in [-0.2, 0) is 16.0 Å². The normalized spacial score (nSPS) is 11.1. The lowest BCUT2D eigenvalue weighted by Crippen LogP contribution is -2.36. The van der Waals surface area contributed by atoms with Gasteiger partial charge < -0.3 is 10.2 Å². The molecular weight excluding hydrogens is 208 g/mol. The summed E-state index contributed by atoms with van der Waals surface area (Å²) in [7, 11) is 0. The molecule has 0 aliphatic rings. The molecule has 0 atom stereocenters. The molecule has 4 heteroatoms. The molecule has 16 heavy (non-hydrogen) atoms. The summed E-state index contributed by atoms with van der Waals surface area (Å²) in [6.07, 6.45) is 0.525. The number of hydrogen-bond acceptors (Lipinski definition) is 2. The van der Waals surface area contributed by atoms with E-state index in [9.17, 15) is 9.59 Å². The van der Waals surface area contributed by atoms with Gasteiger partial charge in [0.2, 0.25) is 0 Å². The third-order valence-corrected chi connectivity index (χ3v) is 2.70. The van der Waals surface area contributed by atoms with E-state index in [1.54, 1.807) is 0 Å². The first-order valence-corrected chi connectivity index (χ1v) is 4.97. The minimum absolute atomic E-state index is 0.0850. The van der Waals surface area contributed by atoms with Crippen LogP contribution in [0.1, 0.15) is 18.9 Å². The quantitative estimate of drug-likeness (QED) is 0.745. The number of carbonyl (C=O) groups is 2. The van der Waals surface area contributed by atoms with Crippen molar-refractivity contribution in [1.82, 2.24) is 0 Å². The van der Waals surface area contributed by atoms with Crippen LogP contribution in [0.3, 0.4) is 0 Å². The molecule has 0 aliphatic heterocycles. The third-order valence-electron chi connectivity index (χ3n) is 2.70. The van der Waals surface area contributed by atoms with Crippen molar-refractivity contribution in [1.29, 1.82) is 0 Å². The first kappa shape index (κ1) is 12.2. The van der Waals surface area contributed by atoms with Gasteiger partial charge in [-0.25, -0.2) is 0 Å². The molecule has 0 aliphatic carbocycles.